The second kappa shape index (κ2) is 17.0. The molecule has 2 amide bonds. The first kappa shape index (κ1) is 38.2. The average Bonchev–Trinajstić information content (AvgIpc) is 3.67. The van der Waals surface area contributed by atoms with Crippen molar-refractivity contribution in [3.05, 3.63) is 95.8 Å². The van der Waals surface area contributed by atoms with Crippen LogP contribution in [-0.4, -0.2) is 56.0 Å². The molecule has 12 nitrogen and oxygen atoms in total. The lowest BCUT2D eigenvalue weighted by Crippen LogP contribution is -2.53. The minimum atomic E-state index is -4.36. The number of aromatic nitrogens is 1. The Morgan fingerprint density at radius 2 is 1.67 bits per heavy atom. The summed E-state index contributed by atoms with van der Waals surface area (Å²) in [4.78, 5) is 41.7. The van der Waals surface area contributed by atoms with Crippen LogP contribution in [0.5, 0.6) is 5.75 Å². The van der Waals surface area contributed by atoms with Crippen LogP contribution in [0.4, 0.5) is 5.69 Å². The zero-order valence-electron chi connectivity index (χ0n) is 29.9. The molecule has 0 fully saturated rings. The monoisotopic (exact) mass is 731 g/mol. The van der Waals surface area contributed by atoms with Gasteiger partial charge < -0.3 is 29.5 Å². The number of carbonyl (C=O) groups is 3. The molecule has 0 bridgehead atoms. The topological polar surface area (TPSA) is 159 Å². The number of unbranched alkanes of at least 4 members (excludes halogenated alkanes) is 2. The summed E-state index contributed by atoms with van der Waals surface area (Å²) in [6.45, 7) is 6.80. The molecule has 5 rings (SSSR count). The number of Topliss-reactive ketones (excluding diaryl/α,β-unsaturated/α-hetero) is 1. The smallest absolute Gasteiger partial charge is 0.374 e. The van der Waals surface area contributed by atoms with Crippen LogP contribution in [0, 0.1) is 5.41 Å². The van der Waals surface area contributed by atoms with E-state index in [2.05, 4.69) is 10.6 Å². The van der Waals surface area contributed by atoms with E-state index in [0.717, 1.165) is 29.0 Å². The summed E-state index contributed by atoms with van der Waals surface area (Å²) >= 11 is 0. The van der Waals surface area contributed by atoms with Crippen molar-refractivity contribution >= 4 is 50.6 Å². The average molecular weight is 732 g/mol. The summed E-state index contributed by atoms with van der Waals surface area (Å²) in [5.74, 6) is 0.158. The number of ether oxygens (including phenoxy) is 1. The van der Waals surface area contributed by atoms with E-state index < -0.39 is 33.1 Å². The van der Waals surface area contributed by atoms with Crippen LogP contribution in [0.25, 0.3) is 17.2 Å². The van der Waals surface area contributed by atoms with Crippen LogP contribution in [-0.2, 0) is 31.0 Å². The second-order valence-electron chi connectivity index (χ2n) is 13.0. The van der Waals surface area contributed by atoms with Crippen molar-refractivity contribution in [3.63, 3.8) is 0 Å². The third kappa shape index (κ3) is 9.25. The summed E-state index contributed by atoms with van der Waals surface area (Å²) in [5.41, 5.74) is 2.27. The van der Waals surface area contributed by atoms with Gasteiger partial charge in [-0.1, -0.05) is 42.8 Å². The molecular weight excluding hydrogens is 685 g/mol. The van der Waals surface area contributed by atoms with E-state index in [-0.39, 0.29) is 25.2 Å². The Bertz CT molecular complexity index is 2040. The van der Waals surface area contributed by atoms with Gasteiger partial charge in [0.25, 0.3) is 15.6 Å². The quantitative estimate of drug-likeness (QED) is 0.0758. The molecule has 3 aromatic rings. The minimum Gasteiger partial charge on any atom is -0.439 e. The molecule has 52 heavy (non-hydrogen) atoms. The summed E-state index contributed by atoms with van der Waals surface area (Å²) in [6, 6.07) is 15.4. The van der Waals surface area contributed by atoms with E-state index in [1.165, 1.54) is 0 Å². The summed E-state index contributed by atoms with van der Waals surface area (Å²) in [7, 11) is -4.36. The first-order valence-corrected chi connectivity index (χ1v) is 19.3. The number of carbonyl (C=O) groups excluding carboxylic acids is 3. The molecule has 2 aliphatic rings. The highest BCUT2D eigenvalue weighted by molar-refractivity contribution is 7.85. The van der Waals surface area contributed by atoms with Gasteiger partial charge in [-0.15, -0.1) is 0 Å². The molecule has 3 N–H and O–H groups in total. The standard InChI is InChI=1S/C39H46N4O8S/c1-4-42-31-14-8-10-16-33(31)50-35(42)20-18-29-25-30(19-21-36-43(5-2)32-15-9-11-17-34(32)51-36)27-39(26-29,38(46)41-23-24-52(47,48)49)37(45)40-22-12-6-7-13-28(3)44/h8-11,14-21,25H,4-7,12-13,22-24,26-27H2,1-3H3,(H2-,40,41,45,46,47,48,49)/p+1. The first-order valence-electron chi connectivity index (χ1n) is 17.7. The number of hydrogen-bond donors (Lipinski definition) is 3. The van der Waals surface area contributed by atoms with Gasteiger partial charge in [0.2, 0.25) is 23.3 Å². The van der Waals surface area contributed by atoms with Gasteiger partial charge >= 0.3 is 5.89 Å². The van der Waals surface area contributed by atoms with Crippen LogP contribution in [0.3, 0.4) is 0 Å². The molecule has 1 aromatic heterocycles. The van der Waals surface area contributed by atoms with Gasteiger partial charge in [-0.2, -0.15) is 13.0 Å². The number of anilines is 1. The molecule has 1 atom stereocenters. The Kier molecular flexibility index (Phi) is 12.5. The fraction of sp³-hybridized carbons (Fsp3) is 0.385. The number of fused-ring (bicyclic) bond motifs is 2. The Morgan fingerprint density at radius 1 is 0.942 bits per heavy atom. The highest BCUT2D eigenvalue weighted by Crippen LogP contribution is 2.42. The van der Waals surface area contributed by atoms with Crippen molar-refractivity contribution in [1.82, 2.24) is 10.6 Å². The van der Waals surface area contributed by atoms with Gasteiger partial charge in [-0.3, -0.25) is 14.1 Å². The number of hydrogen-bond acceptors (Lipinski definition) is 8. The van der Waals surface area contributed by atoms with Crippen LogP contribution >= 0.6 is 0 Å². The normalized spacial score (nSPS) is 18.8. The Hall–Kier alpha value is -5.01. The van der Waals surface area contributed by atoms with Gasteiger partial charge in [0.15, 0.2) is 5.75 Å². The second-order valence-corrected chi connectivity index (χ2v) is 14.6. The van der Waals surface area contributed by atoms with Crippen LogP contribution < -0.4 is 24.8 Å². The number of para-hydroxylation sites is 4. The third-order valence-corrected chi connectivity index (χ3v) is 9.89. The van der Waals surface area contributed by atoms with Crippen molar-refractivity contribution in [1.29, 1.82) is 0 Å². The summed E-state index contributed by atoms with van der Waals surface area (Å²) < 4.78 is 46.7. The highest BCUT2D eigenvalue weighted by Gasteiger charge is 2.48. The van der Waals surface area contributed by atoms with E-state index in [9.17, 15) is 27.4 Å². The SMILES string of the molecule is CCN1/C(=C/C=C2C=C(/C=C/c3oc4ccccc4[n+]3CC)CC(C(=O)NCCCCCC(C)=O)(C(=O)NCCS(=O)(=O)O)C/2)Oc2ccccc21. The van der Waals surface area contributed by atoms with E-state index in [1.54, 1.807) is 6.92 Å². The van der Waals surface area contributed by atoms with Crippen molar-refractivity contribution in [2.75, 3.05) is 30.3 Å². The van der Waals surface area contributed by atoms with Crippen molar-refractivity contribution in [3.8, 4) is 5.75 Å². The lowest BCUT2D eigenvalue weighted by atomic mass is 9.70. The molecule has 2 heterocycles. The fourth-order valence-corrected chi connectivity index (χ4v) is 6.97. The van der Waals surface area contributed by atoms with Gasteiger partial charge in [0.05, 0.1) is 17.5 Å². The molecule has 1 unspecified atom stereocenters. The highest BCUT2D eigenvalue weighted by atomic mass is 32.2. The maximum Gasteiger partial charge on any atom is 0.374 e. The van der Waals surface area contributed by atoms with Gasteiger partial charge in [-0.25, -0.2) is 0 Å². The van der Waals surface area contributed by atoms with Crippen molar-refractivity contribution in [2.45, 2.75) is 65.8 Å². The summed E-state index contributed by atoms with van der Waals surface area (Å²) in [5, 5.41) is 5.55. The number of aryl methyl sites for hydroxylation is 1. The Morgan fingerprint density at radius 3 is 2.40 bits per heavy atom. The van der Waals surface area contributed by atoms with Crippen LogP contribution in [0.2, 0.25) is 0 Å². The lowest BCUT2D eigenvalue weighted by molar-refractivity contribution is -0.674. The minimum absolute atomic E-state index is 0.0146. The van der Waals surface area contributed by atoms with Gasteiger partial charge in [0, 0.05) is 32.1 Å². The van der Waals surface area contributed by atoms with E-state index in [0.29, 0.717) is 61.8 Å². The number of nitrogens with one attached hydrogen (secondary N) is 2. The number of benzene rings is 2. The molecule has 2 aromatic carbocycles. The number of ketones is 1. The van der Waals surface area contributed by atoms with E-state index in [4.69, 9.17) is 9.15 Å². The maximum atomic E-state index is 14.2. The molecule has 0 spiro atoms. The number of amides is 2. The predicted molar refractivity (Wildman–Crippen MR) is 199 cm³/mol. The lowest BCUT2D eigenvalue weighted by Gasteiger charge is -2.35. The molecular formula is C39H47N4O8S+. The molecule has 1 aliphatic carbocycles. The maximum absolute atomic E-state index is 14.2. The number of nitrogens with zero attached hydrogens (tertiary/aromatic N) is 2. The molecule has 0 saturated carbocycles. The predicted octanol–water partition coefficient (Wildman–Crippen LogP) is 5.42. The third-order valence-electron chi connectivity index (χ3n) is 9.17. The molecule has 1 aliphatic heterocycles. The number of rotatable bonds is 16. The number of allylic oxidation sites excluding steroid dienone is 6. The van der Waals surface area contributed by atoms with E-state index >= 15 is 0 Å². The molecule has 0 saturated heterocycles. The van der Waals surface area contributed by atoms with Crippen molar-refractivity contribution < 1.29 is 41.1 Å². The largest absolute Gasteiger partial charge is 0.439 e. The van der Waals surface area contributed by atoms with Gasteiger partial charge in [-0.05, 0) is 88.0 Å². The summed E-state index contributed by atoms with van der Waals surface area (Å²) in [6.07, 6.45) is 11.8. The Labute approximate surface area is 304 Å². The van der Waals surface area contributed by atoms with Crippen LogP contribution in [0.15, 0.2) is 94.3 Å². The number of oxazole rings is 1. The van der Waals surface area contributed by atoms with Crippen molar-refractivity contribution in [2.24, 2.45) is 5.41 Å². The molecule has 13 heteroatoms. The zero-order valence-corrected chi connectivity index (χ0v) is 30.7. The molecule has 0 radical (unpaired) electrons. The van der Waals surface area contributed by atoms with Crippen LogP contribution in [0.1, 0.15) is 65.2 Å². The molecule has 276 valence electrons. The fourth-order valence-electron chi connectivity index (χ4n) is 6.61. The zero-order chi connectivity index (χ0) is 37.3. The van der Waals surface area contributed by atoms with E-state index in [1.807, 2.05) is 102 Å². The van der Waals surface area contributed by atoms with Gasteiger partial charge in [0.1, 0.15) is 17.7 Å². The first-order chi connectivity index (χ1) is 24.9. The Balaban J connectivity index is 1.52.